The van der Waals surface area contributed by atoms with Gasteiger partial charge in [0.25, 0.3) is 0 Å². The molecular formula is C68H129NO5. The van der Waals surface area contributed by atoms with Crippen molar-refractivity contribution in [2.45, 2.75) is 373 Å². The van der Waals surface area contributed by atoms with Gasteiger partial charge in [-0.15, -0.1) is 0 Å². The maximum atomic E-state index is 12.5. The van der Waals surface area contributed by atoms with Gasteiger partial charge in [-0.05, 0) is 83.5 Å². The molecule has 436 valence electrons. The third-order valence-electron chi connectivity index (χ3n) is 15.4. The number of hydrogen-bond donors (Lipinski definition) is 3. The first-order valence-corrected chi connectivity index (χ1v) is 33.2. The van der Waals surface area contributed by atoms with Crippen LogP contribution in [0.1, 0.15) is 361 Å². The van der Waals surface area contributed by atoms with E-state index in [1.165, 1.54) is 276 Å². The van der Waals surface area contributed by atoms with E-state index in [1.54, 1.807) is 0 Å². The van der Waals surface area contributed by atoms with Crippen molar-refractivity contribution in [1.29, 1.82) is 0 Å². The second-order valence-electron chi connectivity index (χ2n) is 22.8. The number of carbonyl (C=O) groups is 2. The predicted molar refractivity (Wildman–Crippen MR) is 324 cm³/mol. The van der Waals surface area contributed by atoms with Crippen molar-refractivity contribution in [1.82, 2.24) is 5.32 Å². The molecule has 74 heavy (non-hydrogen) atoms. The molecule has 0 aromatic heterocycles. The van der Waals surface area contributed by atoms with Crippen LogP contribution in [0.2, 0.25) is 0 Å². The molecule has 2 unspecified atom stereocenters. The van der Waals surface area contributed by atoms with E-state index in [4.69, 9.17) is 4.74 Å². The van der Waals surface area contributed by atoms with Crippen LogP contribution in [0.25, 0.3) is 0 Å². The highest BCUT2D eigenvalue weighted by Gasteiger charge is 2.20. The summed E-state index contributed by atoms with van der Waals surface area (Å²) in [5.41, 5.74) is 0. The maximum Gasteiger partial charge on any atom is 0.305 e. The van der Waals surface area contributed by atoms with E-state index < -0.39 is 12.1 Å². The molecule has 6 heteroatoms. The molecular weight excluding hydrogens is 911 g/mol. The minimum Gasteiger partial charge on any atom is -0.466 e. The van der Waals surface area contributed by atoms with Crippen LogP contribution in [-0.4, -0.2) is 47.4 Å². The summed E-state index contributed by atoms with van der Waals surface area (Å²) in [6.45, 7) is 4.95. The Morgan fingerprint density at radius 1 is 0.378 bits per heavy atom. The Morgan fingerprint density at radius 3 is 1.05 bits per heavy atom. The van der Waals surface area contributed by atoms with Crippen molar-refractivity contribution in [2.75, 3.05) is 13.2 Å². The van der Waals surface area contributed by atoms with E-state index in [-0.39, 0.29) is 18.5 Å². The van der Waals surface area contributed by atoms with E-state index in [0.29, 0.717) is 25.9 Å². The first-order valence-electron chi connectivity index (χ1n) is 33.2. The predicted octanol–water partition coefficient (Wildman–Crippen LogP) is 21.1. The monoisotopic (exact) mass is 1040 g/mol. The molecule has 0 aromatic rings. The highest BCUT2D eigenvalue weighted by atomic mass is 16.5. The zero-order valence-corrected chi connectivity index (χ0v) is 49.8. The van der Waals surface area contributed by atoms with Crippen molar-refractivity contribution < 1.29 is 24.5 Å². The van der Waals surface area contributed by atoms with Gasteiger partial charge in [-0.25, -0.2) is 0 Å². The average Bonchev–Trinajstić information content (AvgIpc) is 3.40. The lowest BCUT2D eigenvalue weighted by Gasteiger charge is -2.22. The zero-order valence-electron chi connectivity index (χ0n) is 49.8. The molecule has 0 aliphatic heterocycles. The van der Waals surface area contributed by atoms with Crippen molar-refractivity contribution in [3.05, 3.63) is 36.5 Å². The molecule has 0 aliphatic rings. The van der Waals surface area contributed by atoms with Crippen molar-refractivity contribution in [2.24, 2.45) is 0 Å². The third-order valence-corrected chi connectivity index (χ3v) is 15.4. The van der Waals surface area contributed by atoms with Crippen LogP contribution in [0.3, 0.4) is 0 Å². The molecule has 0 aromatic carbocycles. The van der Waals surface area contributed by atoms with Gasteiger partial charge in [-0.1, -0.05) is 301 Å². The van der Waals surface area contributed by atoms with Crippen LogP contribution >= 0.6 is 0 Å². The number of allylic oxidation sites excluding steroid dienone is 6. The van der Waals surface area contributed by atoms with Gasteiger partial charge < -0.3 is 20.3 Å². The second-order valence-corrected chi connectivity index (χ2v) is 22.8. The quantitative estimate of drug-likeness (QED) is 0.0320. The minimum atomic E-state index is -0.665. The van der Waals surface area contributed by atoms with Gasteiger partial charge in [0.15, 0.2) is 0 Å². The molecule has 0 heterocycles. The van der Waals surface area contributed by atoms with Crippen LogP contribution in [0.5, 0.6) is 0 Å². The first-order chi connectivity index (χ1) is 36.5. The molecule has 3 N–H and O–H groups in total. The number of hydrogen-bond acceptors (Lipinski definition) is 5. The molecule has 0 fully saturated rings. The summed E-state index contributed by atoms with van der Waals surface area (Å²) in [4.78, 5) is 24.6. The Morgan fingerprint density at radius 2 is 0.676 bits per heavy atom. The summed E-state index contributed by atoms with van der Waals surface area (Å²) >= 11 is 0. The van der Waals surface area contributed by atoms with E-state index in [1.807, 2.05) is 0 Å². The Kier molecular flexibility index (Phi) is 62.0. The summed E-state index contributed by atoms with van der Waals surface area (Å²) in [5.74, 6) is -0.0286. The fourth-order valence-corrected chi connectivity index (χ4v) is 10.3. The fourth-order valence-electron chi connectivity index (χ4n) is 10.3. The largest absolute Gasteiger partial charge is 0.466 e. The Hall–Kier alpha value is -1.92. The Labute approximate surface area is 462 Å². The van der Waals surface area contributed by atoms with E-state index in [9.17, 15) is 19.8 Å². The molecule has 0 saturated carbocycles. The number of aliphatic hydroxyl groups is 2. The van der Waals surface area contributed by atoms with E-state index >= 15 is 0 Å². The number of rotatable bonds is 62. The summed E-state index contributed by atoms with van der Waals surface area (Å²) in [6.07, 6.45) is 80.3. The topological polar surface area (TPSA) is 95.9 Å². The Balaban J connectivity index is 3.37. The smallest absolute Gasteiger partial charge is 0.305 e. The molecule has 0 saturated heterocycles. The fraction of sp³-hybridized carbons (Fsp3) is 0.882. The van der Waals surface area contributed by atoms with Gasteiger partial charge in [0.05, 0.1) is 25.4 Å². The molecule has 0 rings (SSSR count). The number of esters is 1. The summed E-state index contributed by atoms with van der Waals surface area (Å²) in [7, 11) is 0. The van der Waals surface area contributed by atoms with E-state index in [0.717, 1.165) is 51.4 Å². The SMILES string of the molecule is CCCCCC/C=C\C/C=C\CCCCCCCCCC(=O)OCCCCCCCCCCCCCC/C=C\CCCCCCCCCCCCC(=O)NC(CO)C(O)CCCCCCCCCCCCCCC. The number of amides is 1. The van der Waals surface area contributed by atoms with Gasteiger partial charge >= 0.3 is 5.97 Å². The number of ether oxygens (including phenoxy) is 1. The highest BCUT2D eigenvalue weighted by molar-refractivity contribution is 5.76. The van der Waals surface area contributed by atoms with Crippen LogP contribution in [0.15, 0.2) is 36.5 Å². The summed E-state index contributed by atoms with van der Waals surface area (Å²) in [6, 6.07) is -0.542. The Bertz CT molecular complexity index is 1200. The van der Waals surface area contributed by atoms with Crippen molar-refractivity contribution in [3.63, 3.8) is 0 Å². The number of carbonyl (C=O) groups excluding carboxylic acids is 2. The maximum absolute atomic E-state index is 12.5. The van der Waals surface area contributed by atoms with Crippen molar-refractivity contribution in [3.8, 4) is 0 Å². The second kappa shape index (κ2) is 63.6. The summed E-state index contributed by atoms with van der Waals surface area (Å²) < 4.78 is 5.50. The van der Waals surface area contributed by atoms with E-state index in [2.05, 4.69) is 55.6 Å². The zero-order chi connectivity index (χ0) is 53.6. The number of nitrogens with one attached hydrogen (secondary N) is 1. The molecule has 2 atom stereocenters. The molecule has 0 spiro atoms. The van der Waals surface area contributed by atoms with Crippen LogP contribution < -0.4 is 5.32 Å². The van der Waals surface area contributed by atoms with Gasteiger partial charge in [-0.2, -0.15) is 0 Å². The van der Waals surface area contributed by atoms with Gasteiger partial charge in [0, 0.05) is 12.8 Å². The summed E-state index contributed by atoms with van der Waals surface area (Å²) in [5, 5.41) is 23.3. The van der Waals surface area contributed by atoms with Gasteiger partial charge in [-0.3, -0.25) is 9.59 Å². The lowest BCUT2D eigenvalue weighted by atomic mass is 10.0. The average molecular weight is 1040 g/mol. The lowest BCUT2D eigenvalue weighted by molar-refractivity contribution is -0.143. The molecule has 1 amide bonds. The standard InChI is InChI=1S/C68H129NO5/c1-3-5-7-9-11-13-15-17-18-19-31-34-38-42-46-50-54-58-62-68(73)74-63-59-55-51-47-43-39-35-32-29-27-25-23-21-20-22-24-26-28-30-33-37-41-45-49-53-57-61-67(72)69-65(64-70)66(71)60-56-52-48-44-40-36-16-14-12-10-8-6-4-2/h13,15,18-20,22,65-66,70-71H,3-12,14,16-17,21,23-64H2,1-2H3,(H,69,72)/b15-13-,19-18-,22-20-. The molecule has 0 radical (unpaired) electrons. The molecule has 0 aliphatic carbocycles. The van der Waals surface area contributed by atoms with Gasteiger partial charge in [0.1, 0.15) is 0 Å². The van der Waals surface area contributed by atoms with Crippen LogP contribution in [0, 0.1) is 0 Å². The lowest BCUT2D eigenvalue weighted by Crippen LogP contribution is -2.45. The van der Waals surface area contributed by atoms with Crippen LogP contribution in [0.4, 0.5) is 0 Å². The number of unbranched alkanes of at least 4 members (excludes halogenated alkanes) is 45. The highest BCUT2D eigenvalue weighted by Crippen LogP contribution is 2.18. The number of aliphatic hydroxyl groups excluding tert-OH is 2. The molecule has 0 bridgehead atoms. The first kappa shape index (κ1) is 72.1. The third kappa shape index (κ3) is 59.3. The molecule has 6 nitrogen and oxygen atoms in total. The van der Waals surface area contributed by atoms with Crippen LogP contribution in [-0.2, 0) is 14.3 Å². The van der Waals surface area contributed by atoms with Crippen molar-refractivity contribution >= 4 is 11.9 Å². The normalized spacial score (nSPS) is 12.8. The van der Waals surface area contributed by atoms with Gasteiger partial charge in [0.2, 0.25) is 5.91 Å². The minimum absolute atomic E-state index is 0.00721.